The van der Waals surface area contributed by atoms with Gasteiger partial charge in [0.2, 0.25) is 0 Å². The Hall–Kier alpha value is -2.28. The highest BCUT2D eigenvalue weighted by molar-refractivity contribution is 5.96. The Labute approximate surface area is 107 Å². The van der Waals surface area contributed by atoms with Crippen molar-refractivity contribution in [3.63, 3.8) is 0 Å². The third-order valence-corrected chi connectivity index (χ3v) is 3.26. The monoisotopic (exact) mass is 233 g/mol. The minimum Gasteiger partial charge on any atom is -0.388 e. The van der Waals surface area contributed by atoms with E-state index in [1.165, 1.54) is 27.6 Å². The lowest BCUT2D eigenvalue weighted by Crippen LogP contribution is -1.89. The molecule has 0 saturated heterocycles. The lowest BCUT2D eigenvalue weighted by Gasteiger charge is -2.08. The molecule has 3 aromatic rings. The van der Waals surface area contributed by atoms with E-state index >= 15 is 0 Å². The molecule has 0 fully saturated rings. The quantitative estimate of drug-likeness (QED) is 0.684. The van der Waals surface area contributed by atoms with E-state index in [1.807, 2.05) is 13.1 Å². The number of fused-ring (bicyclic) bond motifs is 1. The van der Waals surface area contributed by atoms with Crippen LogP contribution in [-0.4, -0.2) is 7.05 Å². The Morgan fingerprint density at radius 1 is 0.722 bits per heavy atom. The molecule has 0 atom stereocenters. The van der Waals surface area contributed by atoms with E-state index < -0.39 is 0 Å². The summed E-state index contributed by atoms with van der Waals surface area (Å²) in [7, 11) is 1.96. The van der Waals surface area contributed by atoms with Crippen molar-refractivity contribution in [3.8, 4) is 11.1 Å². The molecule has 0 radical (unpaired) electrons. The molecule has 3 rings (SSSR count). The van der Waals surface area contributed by atoms with Crippen molar-refractivity contribution in [2.75, 3.05) is 12.4 Å². The Morgan fingerprint density at radius 3 is 2.33 bits per heavy atom. The number of nitrogens with one attached hydrogen (secondary N) is 1. The summed E-state index contributed by atoms with van der Waals surface area (Å²) in [6.45, 7) is 0. The maximum atomic E-state index is 3.25. The second kappa shape index (κ2) is 4.53. The van der Waals surface area contributed by atoms with Crippen LogP contribution in [0.5, 0.6) is 0 Å². The summed E-state index contributed by atoms with van der Waals surface area (Å²) >= 11 is 0. The second-order valence-corrected chi connectivity index (χ2v) is 4.36. The van der Waals surface area contributed by atoms with Crippen molar-refractivity contribution < 1.29 is 0 Å². The first kappa shape index (κ1) is 10.8. The van der Waals surface area contributed by atoms with Gasteiger partial charge in [-0.1, -0.05) is 54.6 Å². The van der Waals surface area contributed by atoms with E-state index in [0.717, 1.165) is 0 Å². The van der Waals surface area contributed by atoms with Crippen LogP contribution in [0, 0.1) is 0 Å². The standard InChI is InChI=1S/C17H15N/c1-18-17-9-5-8-14-10-11-15(12-16(14)17)13-6-3-2-4-7-13/h2-12,18H,1H3. The van der Waals surface area contributed by atoms with E-state index in [1.54, 1.807) is 0 Å². The first-order chi connectivity index (χ1) is 8.88. The summed E-state index contributed by atoms with van der Waals surface area (Å²) in [5.41, 5.74) is 3.68. The summed E-state index contributed by atoms with van der Waals surface area (Å²) in [4.78, 5) is 0. The van der Waals surface area contributed by atoms with Crippen LogP contribution in [0.4, 0.5) is 5.69 Å². The second-order valence-electron chi connectivity index (χ2n) is 4.36. The molecule has 0 amide bonds. The van der Waals surface area contributed by atoms with Gasteiger partial charge in [-0.05, 0) is 28.6 Å². The summed E-state index contributed by atoms with van der Waals surface area (Å²) in [6.07, 6.45) is 0. The van der Waals surface area contributed by atoms with Crippen LogP contribution in [0.1, 0.15) is 0 Å². The third-order valence-electron chi connectivity index (χ3n) is 3.26. The Bertz CT molecular complexity index is 672. The molecule has 0 bridgehead atoms. The van der Waals surface area contributed by atoms with Crippen LogP contribution in [0.25, 0.3) is 21.9 Å². The van der Waals surface area contributed by atoms with Gasteiger partial charge in [-0.15, -0.1) is 0 Å². The number of hydrogen-bond donors (Lipinski definition) is 1. The molecule has 18 heavy (non-hydrogen) atoms. The van der Waals surface area contributed by atoms with Gasteiger partial charge < -0.3 is 5.32 Å². The van der Waals surface area contributed by atoms with Crippen LogP contribution >= 0.6 is 0 Å². The molecule has 1 N–H and O–H groups in total. The normalized spacial score (nSPS) is 10.5. The van der Waals surface area contributed by atoms with Crippen molar-refractivity contribution >= 4 is 16.5 Å². The minimum atomic E-state index is 1.17. The van der Waals surface area contributed by atoms with Gasteiger partial charge in [0.25, 0.3) is 0 Å². The molecule has 0 aromatic heterocycles. The maximum absolute atomic E-state index is 3.25. The van der Waals surface area contributed by atoms with Crippen molar-refractivity contribution in [2.45, 2.75) is 0 Å². The van der Waals surface area contributed by atoms with Gasteiger partial charge in [0.05, 0.1) is 0 Å². The van der Waals surface area contributed by atoms with Crippen LogP contribution in [-0.2, 0) is 0 Å². The Balaban J connectivity index is 2.22. The zero-order valence-electron chi connectivity index (χ0n) is 10.4. The number of rotatable bonds is 2. The fourth-order valence-electron chi connectivity index (χ4n) is 2.30. The zero-order chi connectivity index (χ0) is 12.4. The van der Waals surface area contributed by atoms with E-state index in [9.17, 15) is 0 Å². The van der Waals surface area contributed by atoms with Gasteiger partial charge in [0, 0.05) is 18.1 Å². The Morgan fingerprint density at radius 2 is 1.56 bits per heavy atom. The first-order valence-electron chi connectivity index (χ1n) is 6.14. The van der Waals surface area contributed by atoms with Gasteiger partial charge in [0.15, 0.2) is 0 Å². The number of anilines is 1. The summed E-state index contributed by atoms with van der Waals surface area (Å²) < 4.78 is 0. The van der Waals surface area contributed by atoms with Gasteiger partial charge in [-0.25, -0.2) is 0 Å². The predicted molar refractivity (Wildman–Crippen MR) is 78.9 cm³/mol. The molecule has 0 unspecified atom stereocenters. The molecule has 0 saturated carbocycles. The highest BCUT2D eigenvalue weighted by Crippen LogP contribution is 2.28. The maximum Gasteiger partial charge on any atom is 0.0417 e. The van der Waals surface area contributed by atoms with E-state index in [4.69, 9.17) is 0 Å². The predicted octanol–water partition coefficient (Wildman–Crippen LogP) is 4.55. The third kappa shape index (κ3) is 1.84. The summed E-state index contributed by atoms with van der Waals surface area (Å²) in [6, 6.07) is 23.4. The van der Waals surface area contributed by atoms with E-state index in [-0.39, 0.29) is 0 Å². The van der Waals surface area contributed by atoms with Crippen molar-refractivity contribution in [1.29, 1.82) is 0 Å². The fourth-order valence-corrected chi connectivity index (χ4v) is 2.30. The molecule has 0 spiro atoms. The molecule has 3 aromatic carbocycles. The lowest BCUT2D eigenvalue weighted by atomic mass is 10.0. The van der Waals surface area contributed by atoms with Gasteiger partial charge in [-0.2, -0.15) is 0 Å². The van der Waals surface area contributed by atoms with Crippen molar-refractivity contribution in [3.05, 3.63) is 66.7 Å². The molecule has 0 aliphatic carbocycles. The average Bonchev–Trinajstić information content (AvgIpc) is 2.47. The van der Waals surface area contributed by atoms with Crippen LogP contribution in [0.2, 0.25) is 0 Å². The van der Waals surface area contributed by atoms with Crippen molar-refractivity contribution in [2.24, 2.45) is 0 Å². The van der Waals surface area contributed by atoms with Crippen molar-refractivity contribution in [1.82, 2.24) is 0 Å². The van der Waals surface area contributed by atoms with Crippen LogP contribution in [0.15, 0.2) is 66.7 Å². The molecule has 88 valence electrons. The number of benzene rings is 3. The summed E-state index contributed by atoms with van der Waals surface area (Å²) in [5, 5.41) is 5.78. The molecular formula is C17H15N. The highest BCUT2D eigenvalue weighted by atomic mass is 14.8. The minimum absolute atomic E-state index is 1.17. The van der Waals surface area contributed by atoms with Gasteiger partial charge in [0.1, 0.15) is 0 Å². The molecule has 0 aliphatic rings. The molecule has 0 heterocycles. The van der Waals surface area contributed by atoms with Gasteiger partial charge >= 0.3 is 0 Å². The zero-order valence-corrected chi connectivity index (χ0v) is 10.4. The lowest BCUT2D eigenvalue weighted by molar-refractivity contribution is 1.54. The first-order valence-corrected chi connectivity index (χ1v) is 6.14. The molecular weight excluding hydrogens is 218 g/mol. The number of hydrogen-bond acceptors (Lipinski definition) is 1. The largest absolute Gasteiger partial charge is 0.388 e. The average molecular weight is 233 g/mol. The topological polar surface area (TPSA) is 12.0 Å². The smallest absolute Gasteiger partial charge is 0.0417 e. The van der Waals surface area contributed by atoms with Gasteiger partial charge in [-0.3, -0.25) is 0 Å². The molecule has 0 aliphatic heterocycles. The molecule has 1 nitrogen and oxygen atoms in total. The van der Waals surface area contributed by atoms with E-state index in [2.05, 4.69) is 66.0 Å². The SMILES string of the molecule is CNc1cccc2ccc(-c3ccccc3)cc12. The fraction of sp³-hybridized carbons (Fsp3) is 0.0588. The van der Waals surface area contributed by atoms with E-state index in [0.29, 0.717) is 0 Å². The molecule has 1 heteroatoms. The highest BCUT2D eigenvalue weighted by Gasteiger charge is 2.02. The summed E-state index contributed by atoms with van der Waals surface area (Å²) in [5.74, 6) is 0. The van der Waals surface area contributed by atoms with Crippen LogP contribution < -0.4 is 5.32 Å². The Kier molecular flexibility index (Phi) is 2.73. The van der Waals surface area contributed by atoms with Crippen LogP contribution in [0.3, 0.4) is 0 Å².